The average molecular weight is 347 g/mol. The monoisotopic (exact) mass is 347 g/mol. The van der Waals surface area contributed by atoms with Crippen molar-refractivity contribution in [3.63, 3.8) is 0 Å². The molecule has 1 heterocycles. The Hall–Kier alpha value is -2.01. The summed E-state index contributed by atoms with van der Waals surface area (Å²) < 4.78 is 11.2. The molecule has 0 aliphatic heterocycles. The first-order chi connectivity index (χ1) is 11.6. The van der Waals surface area contributed by atoms with E-state index in [-0.39, 0.29) is 5.91 Å². The molecule has 24 heavy (non-hydrogen) atoms. The van der Waals surface area contributed by atoms with Crippen LogP contribution in [0, 0.1) is 13.8 Å². The van der Waals surface area contributed by atoms with E-state index in [0.717, 1.165) is 34.6 Å². The highest BCUT2D eigenvalue weighted by molar-refractivity contribution is 7.10. The maximum atomic E-state index is 12.2. The van der Waals surface area contributed by atoms with Gasteiger partial charge in [0.25, 0.3) is 5.91 Å². The number of hydrogen-bond donors (Lipinski definition) is 1. The molecule has 0 saturated heterocycles. The molecule has 0 atom stereocenters. The molecule has 0 saturated carbocycles. The minimum Gasteiger partial charge on any atom is -0.490 e. The first-order valence-electron chi connectivity index (χ1n) is 8.28. The summed E-state index contributed by atoms with van der Waals surface area (Å²) in [5, 5.41) is 4.91. The smallest absolute Gasteiger partial charge is 0.252 e. The number of hydrogen-bond acceptors (Lipinski definition) is 4. The molecule has 0 fully saturated rings. The van der Waals surface area contributed by atoms with Crippen molar-refractivity contribution in [2.75, 3.05) is 19.8 Å². The van der Waals surface area contributed by atoms with Crippen LogP contribution in [0.2, 0.25) is 0 Å². The topological polar surface area (TPSA) is 47.6 Å². The summed E-state index contributed by atoms with van der Waals surface area (Å²) in [6.45, 7) is 9.72. The van der Waals surface area contributed by atoms with E-state index in [0.29, 0.717) is 19.8 Å². The largest absolute Gasteiger partial charge is 0.490 e. The summed E-state index contributed by atoms with van der Waals surface area (Å²) >= 11 is 1.61. The molecule has 0 aliphatic rings. The van der Waals surface area contributed by atoms with Crippen molar-refractivity contribution in [3.05, 3.63) is 45.1 Å². The van der Waals surface area contributed by atoms with E-state index < -0.39 is 0 Å². The van der Waals surface area contributed by atoms with Crippen LogP contribution in [-0.4, -0.2) is 25.7 Å². The molecule has 5 heteroatoms. The van der Waals surface area contributed by atoms with Gasteiger partial charge in [-0.3, -0.25) is 4.79 Å². The first-order valence-corrected chi connectivity index (χ1v) is 9.16. The van der Waals surface area contributed by atoms with Gasteiger partial charge < -0.3 is 14.8 Å². The molecule has 130 valence electrons. The highest BCUT2D eigenvalue weighted by Crippen LogP contribution is 2.28. The lowest BCUT2D eigenvalue weighted by atomic mass is 10.1. The molecule has 1 amide bonds. The summed E-state index contributed by atoms with van der Waals surface area (Å²) in [6.07, 6.45) is 0.750. The molecule has 0 unspecified atom stereocenters. The van der Waals surface area contributed by atoms with Crippen LogP contribution in [0.3, 0.4) is 0 Å². The van der Waals surface area contributed by atoms with E-state index >= 15 is 0 Å². The molecule has 2 rings (SSSR count). The van der Waals surface area contributed by atoms with E-state index in [9.17, 15) is 4.79 Å². The van der Waals surface area contributed by atoms with Crippen LogP contribution in [0.5, 0.6) is 11.5 Å². The number of nitrogens with one attached hydrogen (secondary N) is 1. The SMILES string of the molecule is CCOc1ccc(CCNC(=O)c2csc(C)c2C)cc1OCC. The normalized spacial score (nSPS) is 10.5. The number of aryl methyl sites for hydroxylation is 1. The molecule has 0 spiro atoms. The third-order valence-corrected chi connectivity index (χ3v) is 4.85. The molecule has 2 aromatic rings. The van der Waals surface area contributed by atoms with Gasteiger partial charge >= 0.3 is 0 Å². The second-order valence-electron chi connectivity index (χ2n) is 5.48. The third kappa shape index (κ3) is 4.51. The second-order valence-corrected chi connectivity index (χ2v) is 6.57. The number of carbonyl (C=O) groups is 1. The van der Waals surface area contributed by atoms with Crippen LogP contribution in [0.15, 0.2) is 23.6 Å². The van der Waals surface area contributed by atoms with Crippen molar-refractivity contribution in [1.82, 2.24) is 5.32 Å². The Kier molecular flexibility index (Phi) is 6.67. The lowest BCUT2D eigenvalue weighted by Crippen LogP contribution is -2.25. The van der Waals surface area contributed by atoms with Gasteiger partial charge in [0.1, 0.15) is 0 Å². The van der Waals surface area contributed by atoms with Crippen LogP contribution < -0.4 is 14.8 Å². The second kappa shape index (κ2) is 8.73. The van der Waals surface area contributed by atoms with E-state index in [1.807, 2.05) is 51.3 Å². The summed E-state index contributed by atoms with van der Waals surface area (Å²) in [5.41, 5.74) is 2.96. The Morgan fingerprint density at radius 3 is 2.46 bits per heavy atom. The van der Waals surface area contributed by atoms with Crippen molar-refractivity contribution in [2.24, 2.45) is 0 Å². The van der Waals surface area contributed by atoms with Gasteiger partial charge in [-0.25, -0.2) is 0 Å². The molecule has 0 bridgehead atoms. The number of ether oxygens (including phenoxy) is 2. The summed E-state index contributed by atoms with van der Waals surface area (Å²) in [7, 11) is 0. The van der Waals surface area contributed by atoms with Gasteiger partial charge in [-0.15, -0.1) is 11.3 Å². The molecular formula is C19H25NO3S. The minimum absolute atomic E-state index is 0.00665. The molecule has 1 N–H and O–H groups in total. The third-order valence-electron chi connectivity index (χ3n) is 3.84. The van der Waals surface area contributed by atoms with Crippen LogP contribution in [0.25, 0.3) is 0 Å². The number of benzene rings is 1. The van der Waals surface area contributed by atoms with Gasteiger partial charge in [-0.2, -0.15) is 0 Å². The summed E-state index contributed by atoms with van der Waals surface area (Å²) in [5.74, 6) is 1.51. The molecule has 0 radical (unpaired) electrons. The maximum Gasteiger partial charge on any atom is 0.252 e. The Bertz CT molecular complexity index is 694. The summed E-state index contributed by atoms with van der Waals surface area (Å²) in [6, 6.07) is 5.93. The fraction of sp³-hybridized carbons (Fsp3) is 0.421. The fourth-order valence-electron chi connectivity index (χ4n) is 2.40. The van der Waals surface area contributed by atoms with Gasteiger partial charge in [-0.05, 0) is 57.4 Å². The number of carbonyl (C=O) groups excluding carboxylic acids is 1. The van der Waals surface area contributed by atoms with Crippen molar-refractivity contribution in [3.8, 4) is 11.5 Å². The molecule has 1 aromatic carbocycles. The van der Waals surface area contributed by atoms with Gasteiger partial charge in [-0.1, -0.05) is 6.07 Å². The van der Waals surface area contributed by atoms with Gasteiger partial charge in [0.15, 0.2) is 11.5 Å². The van der Waals surface area contributed by atoms with Gasteiger partial charge in [0.05, 0.1) is 18.8 Å². The predicted molar refractivity (Wildman–Crippen MR) is 98.6 cm³/mol. The number of amides is 1. The predicted octanol–water partition coefficient (Wildman–Crippen LogP) is 4.13. The highest BCUT2D eigenvalue weighted by Gasteiger charge is 2.12. The van der Waals surface area contributed by atoms with E-state index in [4.69, 9.17) is 9.47 Å². The van der Waals surface area contributed by atoms with Crippen LogP contribution in [0.1, 0.15) is 40.2 Å². The number of thiophene rings is 1. The standard InChI is InChI=1S/C19H25NO3S/c1-5-22-17-8-7-15(11-18(17)23-6-2)9-10-20-19(21)16-12-24-14(4)13(16)3/h7-8,11-12H,5-6,9-10H2,1-4H3,(H,20,21). The molecular weight excluding hydrogens is 322 g/mol. The highest BCUT2D eigenvalue weighted by atomic mass is 32.1. The lowest BCUT2D eigenvalue weighted by molar-refractivity contribution is 0.0954. The van der Waals surface area contributed by atoms with Crippen LogP contribution in [0.4, 0.5) is 0 Å². The van der Waals surface area contributed by atoms with E-state index in [2.05, 4.69) is 5.32 Å². The maximum absolute atomic E-state index is 12.2. The molecule has 1 aromatic heterocycles. The molecule has 0 aliphatic carbocycles. The van der Waals surface area contributed by atoms with Gasteiger partial charge in [0.2, 0.25) is 0 Å². The zero-order valence-electron chi connectivity index (χ0n) is 14.8. The van der Waals surface area contributed by atoms with E-state index in [1.54, 1.807) is 11.3 Å². The van der Waals surface area contributed by atoms with Crippen molar-refractivity contribution < 1.29 is 14.3 Å². The van der Waals surface area contributed by atoms with Crippen molar-refractivity contribution in [2.45, 2.75) is 34.1 Å². The Morgan fingerprint density at radius 1 is 1.12 bits per heavy atom. The van der Waals surface area contributed by atoms with Crippen molar-refractivity contribution >= 4 is 17.2 Å². The Morgan fingerprint density at radius 2 is 1.83 bits per heavy atom. The Balaban J connectivity index is 1.95. The number of rotatable bonds is 8. The molecule has 4 nitrogen and oxygen atoms in total. The quantitative estimate of drug-likeness (QED) is 0.781. The zero-order valence-corrected chi connectivity index (χ0v) is 15.6. The fourth-order valence-corrected chi connectivity index (χ4v) is 3.27. The first kappa shape index (κ1) is 18.3. The van der Waals surface area contributed by atoms with Gasteiger partial charge in [0, 0.05) is 16.8 Å². The summed E-state index contributed by atoms with van der Waals surface area (Å²) in [4.78, 5) is 13.4. The zero-order chi connectivity index (χ0) is 17.5. The average Bonchev–Trinajstić information content (AvgIpc) is 2.90. The van der Waals surface area contributed by atoms with E-state index in [1.165, 1.54) is 4.88 Å². The van der Waals surface area contributed by atoms with Crippen LogP contribution >= 0.6 is 11.3 Å². The van der Waals surface area contributed by atoms with Crippen molar-refractivity contribution in [1.29, 1.82) is 0 Å². The Labute approximate surface area is 147 Å². The lowest BCUT2D eigenvalue weighted by Gasteiger charge is -2.12. The minimum atomic E-state index is -0.00665. The van der Waals surface area contributed by atoms with Crippen LogP contribution in [-0.2, 0) is 6.42 Å².